The van der Waals surface area contributed by atoms with Crippen molar-refractivity contribution in [2.45, 2.75) is 24.4 Å². The van der Waals surface area contributed by atoms with Gasteiger partial charge < -0.3 is 30.3 Å². The Bertz CT molecular complexity index is 239. The quantitative estimate of drug-likeness (QED) is 0.326. The average Bonchev–Trinajstić information content (AvgIpc) is 2.15. The monoisotopic (exact) mass is 224 g/mol. The van der Waals surface area contributed by atoms with Crippen LogP contribution in [0.4, 0.5) is 0 Å². The van der Waals surface area contributed by atoms with Crippen LogP contribution in [0.25, 0.3) is 0 Å². The zero-order chi connectivity index (χ0) is 12.2. The minimum absolute atomic E-state index is 0.960. The van der Waals surface area contributed by atoms with Gasteiger partial charge in [-0.1, -0.05) is 0 Å². The van der Waals surface area contributed by atoms with E-state index in [2.05, 4.69) is 4.74 Å². The predicted molar refractivity (Wildman–Crippen MR) is 44.1 cm³/mol. The van der Waals surface area contributed by atoms with Crippen molar-refractivity contribution in [3.05, 3.63) is 0 Å². The van der Waals surface area contributed by atoms with Crippen LogP contribution < -0.4 is 0 Å². The van der Waals surface area contributed by atoms with Crippen molar-refractivity contribution in [2.24, 2.45) is 0 Å². The smallest absolute Gasteiger partial charge is 0.335 e. The van der Waals surface area contributed by atoms with E-state index in [0.29, 0.717) is 0 Å². The number of hydrogen-bond donors (Lipinski definition) is 5. The van der Waals surface area contributed by atoms with Crippen molar-refractivity contribution in [1.29, 1.82) is 0 Å². The zero-order valence-electron chi connectivity index (χ0n) is 7.77. The minimum atomic E-state index is -2.28. The Balaban J connectivity index is 4.60. The van der Waals surface area contributed by atoms with Crippen LogP contribution in [0.1, 0.15) is 0 Å². The van der Waals surface area contributed by atoms with Gasteiger partial charge in [-0.2, -0.15) is 0 Å². The SMILES string of the molecule is CO[C@@H](C(=O)O)[C@@H](O)[C@@H](O)[C@H](O)C(=O)O. The second kappa shape index (κ2) is 5.61. The molecule has 0 aromatic carbocycles. The third kappa shape index (κ3) is 3.44. The first kappa shape index (κ1) is 13.8. The van der Waals surface area contributed by atoms with Crippen LogP contribution in [0, 0.1) is 0 Å². The van der Waals surface area contributed by atoms with Gasteiger partial charge in [0.15, 0.2) is 12.2 Å². The van der Waals surface area contributed by atoms with E-state index < -0.39 is 36.4 Å². The van der Waals surface area contributed by atoms with Crippen molar-refractivity contribution < 1.29 is 39.9 Å². The normalized spacial score (nSPS) is 18.9. The van der Waals surface area contributed by atoms with E-state index in [1.807, 2.05) is 0 Å². The maximum atomic E-state index is 10.4. The first-order valence-corrected chi connectivity index (χ1v) is 3.85. The molecular formula is C7H12O8. The zero-order valence-corrected chi connectivity index (χ0v) is 7.77. The van der Waals surface area contributed by atoms with Gasteiger partial charge in [-0.05, 0) is 0 Å². The molecule has 0 heterocycles. The molecule has 8 heteroatoms. The lowest BCUT2D eigenvalue weighted by atomic mass is 10.0. The topological polar surface area (TPSA) is 145 Å². The molecule has 0 amide bonds. The molecule has 0 aliphatic rings. The fourth-order valence-electron chi connectivity index (χ4n) is 0.898. The van der Waals surface area contributed by atoms with Crippen molar-refractivity contribution in [2.75, 3.05) is 7.11 Å². The molecule has 0 rings (SSSR count). The van der Waals surface area contributed by atoms with E-state index in [9.17, 15) is 14.7 Å². The summed E-state index contributed by atoms with van der Waals surface area (Å²) in [7, 11) is 0.960. The molecule has 0 saturated heterocycles. The van der Waals surface area contributed by atoms with Crippen LogP contribution in [0.3, 0.4) is 0 Å². The standard InChI is InChI=1S/C7H12O8/c1-15-5(7(13)14)3(9)2(8)4(10)6(11)12/h2-5,8-10H,1H3,(H,11,12)(H,13,14)/t2-,3+,4+,5-/m1/s1. The fourth-order valence-corrected chi connectivity index (χ4v) is 0.898. The number of carboxylic acid groups (broad SMARTS) is 2. The first-order chi connectivity index (χ1) is 6.82. The third-order valence-electron chi connectivity index (χ3n) is 1.73. The average molecular weight is 224 g/mol. The van der Waals surface area contributed by atoms with E-state index in [4.69, 9.17) is 20.4 Å². The van der Waals surface area contributed by atoms with E-state index >= 15 is 0 Å². The van der Waals surface area contributed by atoms with Gasteiger partial charge in [0.05, 0.1) is 0 Å². The Morgan fingerprint density at radius 3 is 1.73 bits per heavy atom. The van der Waals surface area contributed by atoms with Crippen molar-refractivity contribution in [3.63, 3.8) is 0 Å². The number of rotatable bonds is 6. The molecule has 0 aromatic heterocycles. The van der Waals surface area contributed by atoms with Crippen molar-refractivity contribution in [3.8, 4) is 0 Å². The molecule has 0 aliphatic heterocycles. The predicted octanol–water partition coefficient (Wildman–Crippen LogP) is -2.75. The van der Waals surface area contributed by atoms with E-state index in [-0.39, 0.29) is 0 Å². The number of carboxylic acids is 2. The number of aliphatic hydroxyl groups is 3. The molecule has 15 heavy (non-hydrogen) atoms. The molecular weight excluding hydrogens is 212 g/mol. The first-order valence-electron chi connectivity index (χ1n) is 3.85. The summed E-state index contributed by atoms with van der Waals surface area (Å²) in [6.45, 7) is 0. The second-order valence-corrected chi connectivity index (χ2v) is 2.76. The minimum Gasteiger partial charge on any atom is -0.479 e. The van der Waals surface area contributed by atoms with Gasteiger partial charge in [0, 0.05) is 7.11 Å². The summed E-state index contributed by atoms with van der Waals surface area (Å²) in [5, 5.41) is 43.9. The lowest BCUT2D eigenvalue weighted by Gasteiger charge is -2.24. The summed E-state index contributed by atoms with van der Waals surface area (Å²) >= 11 is 0. The van der Waals surface area contributed by atoms with Crippen molar-refractivity contribution >= 4 is 11.9 Å². The number of carbonyl (C=O) groups is 2. The molecule has 0 spiro atoms. The second-order valence-electron chi connectivity index (χ2n) is 2.76. The molecule has 0 fully saturated rings. The Hall–Kier alpha value is -1.22. The van der Waals surface area contributed by atoms with Crippen molar-refractivity contribution in [1.82, 2.24) is 0 Å². The number of aliphatic hydroxyl groups excluding tert-OH is 3. The van der Waals surface area contributed by atoms with Crippen LogP contribution in [0.2, 0.25) is 0 Å². The maximum Gasteiger partial charge on any atom is 0.335 e. The molecule has 0 unspecified atom stereocenters. The third-order valence-corrected chi connectivity index (χ3v) is 1.73. The van der Waals surface area contributed by atoms with Crippen LogP contribution >= 0.6 is 0 Å². The summed E-state index contributed by atoms with van der Waals surface area (Å²) in [5.41, 5.74) is 0. The highest BCUT2D eigenvalue weighted by Crippen LogP contribution is 2.08. The highest BCUT2D eigenvalue weighted by molar-refractivity contribution is 5.75. The summed E-state index contributed by atoms with van der Waals surface area (Å²) in [6, 6.07) is 0. The van der Waals surface area contributed by atoms with Crippen LogP contribution in [0.15, 0.2) is 0 Å². The largest absolute Gasteiger partial charge is 0.479 e. The fraction of sp³-hybridized carbons (Fsp3) is 0.714. The molecule has 4 atom stereocenters. The van der Waals surface area contributed by atoms with Gasteiger partial charge in [-0.3, -0.25) is 0 Å². The van der Waals surface area contributed by atoms with Crippen LogP contribution in [-0.4, -0.2) is 69.0 Å². The van der Waals surface area contributed by atoms with E-state index in [0.717, 1.165) is 7.11 Å². The Kier molecular flexibility index (Phi) is 5.15. The summed E-state index contributed by atoms with van der Waals surface area (Å²) in [4.78, 5) is 20.7. The van der Waals surface area contributed by atoms with Crippen LogP contribution in [0.5, 0.6) is 0 Å². The van der Waals surface area contributed by atoms with Crippen LogP contribution in [-0.2, 0) is 14.3 Å². The molecule has 0 aliphatic carbocycles. The Labute approximate surface area is 84.3 Å². The lowest BCUT2D eigenvalue weighted by Crippen LogP contribution is -2.50. The number of methoxy groups -OCH3 is 1. The Morgan fingerprint density at radius 1 is 1.00 bits per heavy atom. The number of aliphatic carboxylic acids is 2. The molecule has 5 N–H and O–H groups in total. The van der Waals surface area contributed by atoms with E-state index in [1.165, 1.54) is 0 Å². The molecule has 0 bridgehead atoms. The molecule has 0 aromatic rings. The Morgan fingerprint density at radius 2 is 1.47 bits per heavy atom. The van der Waals surface area contributed by atoms with Gasteiger partial charge in [0.1, 0.15) is 12.2 Å². The van der Waals surface area contributed by atoms with Gasteiger partial charge in [-0.25, -0.2) is 9.59 Å². The number of ether oxygens (including phenoxy) is 1. The summed E-state index contributed by atoms with van der Waals surface area (Å²) < 4.78 is 4.31. The molecule has 88 valence electrons. The molecule has 0 saturated carbocycles. The van der Waals surface area contributed by atoms with E-state index in [1.54, 1.807) is 0 Å². The van der Waals surface area contributed by atoms with Gasteiger partial charge in [0.2, 0.25) is 0 Å². The highest BCUT2D eigenvalue weighted by Gasteiger charge is 2.38. The van der Waals surface area contributed by atoms with Gasteiger partial charge in [0.25, 0.3) is 0 Å². The summed E-state index contributed by atoms with van der Waals surface area (Å²) in [5.74, 6) is -3.36. The van der Waals surface area contributed by atoms with Gasteiger partial charge in [-0.15, -0.1) is 0 Å². The summed E-state index contributed by atoms with van der Waals surface area (Å²) in [6.07, 6.45) is -8.28. The van der Waals surface area contributed by atoms with Gasteiger partial charge >= 0.3 is 11.9 Å². The highest BCUT2D eigenvalue weighted by atomic mass is 16.5. The lowest BCUT2D eigenvalue weighted by molar-refractivity contribution is -0.175. The molecule has 8 nitrogen and oxygen atoms in total. The molecule has 0 radical (unpaired) electrons. The maximum absolute atomic E-state index is 10.4. The number of hydrogen-bond acceptors (Lipinski definition) is 6.